The number of ether oxygens (including phenoxy) is 2. The van der Waals surface area contributed by atoms with Crippen LogP contribution in [0.2, 0.25) is 0 Å². The Balaban J connectivity index is 1.84. The molecular formula is C24H25NO3. The van der Waals surface area contributed by atoms with Crippen molar-refractivity contribution in [3.05, 3.63) is 89.5 Å². The highest BCUT2D eigenvalue weighted by Gasteiger charge is 2.18. The summed E-state index contributed by atoms with van der Waals surface area (Å²) in [6, 6.07) is 23.0. The Hall–Kier alpha value is -3.27. The molecule has 0 fully saturated rings. The van der Waals surface area contributed by atoms with E-state index in [1.165, 1.54) is 5.56 Å². The molecule has 28 heavy (non-hydrogen) atoms. The van der Waals surface area contributed by atoms with Crippen molar-refractivity contribution < 1.29 is 14.3 Å². The smallest absolute Gasteiger partial charge is 0.165 e. The Bertz CT molecular complexity index is 917. The van der Waals surface area contributed by atoms with Gasteiger partial charge < -0.3 is 14.8 Å². The molecule has 4 heteroatoms. The second-order valence-electron chi connectivity index (χ2n) is 6.70. The van der Waals surface area contributed by atoms with Crippen molar-refractivity contribution in [2.75, 3.05) is 19.5 Å². The Morgan fingerprint density at radius 3 is 2.07 bits per heavy atom. The number of methoxy groups -OCH3 is 2. The number of aryl methyl sites for hydroxylation is 1. The molecule has 0 saturated heterocycles. The van der Waals surface area contributed by atoms with Crippen LogP contribution in [-0.2, 0) is 0 Å². The number of anilines is 1. The molecule has 3 aromatic rings. The van der Waals surface area contributed by atoms with Crippen LogP contribution in [0.25, 0.3) is 0 Å². The Morgan fingerprint density at radius 2 is 1.50 bits per heavy atom. The number of nitrogens with one attached hydrogen (secondary N) is 1. The van der Waals surface area contributed by atoms with Crippen LogP contribution in [0.1, 0.15) is 33.9 Å². The van der Waals surface area contributed by atoms with Crippen molar-refractivity contribution in [2.45, 2.75) is 19.4 Å². The molecule has 1 atom stereocenters. The van der Waals surface area contributed by atoms with E-state index in [9.17, 15) is 4.79 Å². The number of ketones is 1. The highest BCUT2D eigenvalue weighted by molar-refractivity contribution is 5.96. The lowest BCUT2D eigenvalue weighted by atomic mass is 9.97. The molecule has 0 aliphatic carbocycles. The number of benzene rings is 3. The highest BCUT2D eigenvalue weighted by atomic mass is 16.5. The second kappa shape index (κ2) is 9.09. The molecule has 4 nitrogen and oxygen atoms in total. The molecule has 3 aromatic carbocycles. The van der Waals surface area contributed by atoms with Crippen LogP contribution in [0.3, 0.4) is 0 Å². The summed E-state index contributed by atoms with van der Waals surface area (Å²) in [5, 5.41) is 3.51. The second-order valence-corrected chi connectivity index (χ2v) is 6.70. The van der Waals surface area contributed by atoms with Crippen molar-refractivity contribution in [3.8, 4) is 11.5 Å². The standard InChI is InChI=1S/C24H25NO3/c1-17-5-4-6-20(15-17)25-23(18-7-11-21(27-2)12-8-18)16-24(26)19-9-13-22(28-3)14-10-19/h4-15,23,25H,16H2,1-3H3. The molecule has 1 unspecified atom stereocenters. The third kappa shape index (κ3) is 4.92. The van der Waals surface area contributed by atoms with Gasteiger partial charge in [-0.05, 0) is 66.6 Å². The molecular weight excluding hydrogens is 350 g/mol. The highest BCUT2D eigenvalue weighted by Crippen LogP contribution is 2.27. The summed E-state index contributed by atoms with van der Waals surface area (Å²) in [4.78, 5) is 12.9. The van der Waals surface area contributed by atoms with Gasteiger partial charge in [-0.15, -0.1) is 0 Å². The minimum Gasteiger partial charge on any atom is -0.497 e. The van der Waals surface area contributed by atoms with Gasteiger partial charge in [-0.2, -0.15) is 0 Å². The Kier molecular flexibility index (Phi) is 6.33. The van der Waals surface area contributed by atoms with Gasteiger partial charge in [0.05, 0.1) is 20.3 Å². The van der Waals surface area contributed by atoms with Crippen LogP contribution < -0.4 is 14.8 Å². The van der Waals surface area contributed by atoms with Gasteiger partial charge in [0.15, 0.2) is 5.78 Å². The summed E-state index contributed by atoms with van der Waals surface area (Å²) in [5.41, 5.74) is 3.86. The van der Waals surface area contributed by atoms with Crippen molar-refractivity contribution in [1.82, 2.24) is 0 Å². The summed E-state index contributed by atoms with van der Waals surface area (Å²) < 4.78 is 10.4. The van der Waals surface area contributed by atoms with Crippen molar-refractivity contribution >= 4 is 11.5 Å². The predicted octanol–water partition coefficient (Wildman–Crippen LogP) is 5.44. The first-order valence-corrected chi connectivity index (χ1v) is 9.23. The van der Waals surface area contributed by atoms with Gasteiger partial charge in [0.1, 0.15) is 11.5 Å². The average molecular weight is 375 g/mol. The lowest BCUT2D eigenvalue weighted by Gasteiger charge is -2.21. The maximum atomic E-state index is 12.9. The summed E-state index contributed by atoms with van der Waals surface area (Å²) in [7, 11) is 3.26. The van der Waals surface area contributed by atoms with Crippen molar-refractivity contribution in [1.29, 1.82) is 0 Å². The summed E-state index contributed by atoms with van der Waals surface area (Å²) in [5.74, 6) is 1.60. The summed E-state index contributed by atoms with van der Waals surface area (Å²) in [6.07, 6.45) is 0.340. The number of carbonyl (C=O) groups is 1. The van der Waals surface area contributed by atoms with Gasteiger partial charge in [-0.1, -0.05) is 24.3 Å². The van der Waals surface area contributed by atoms with E-state index in [2.05, 4.69) is 24.4 Å². The van der Waals surface area contributed by atoms with Crippen LogP contribution in [0.15, 0.2) is 72.8 Å². The minimum absolute atomic E-state index is 0.0728. The zero-order chi connectivity index (χ0) is 19.9. The maximum absolute atomic E-state index is 12.9. The first-order valence-electron chi connectivity index (χ1n) is 9.23. The van der Waals surface area contributed by atoms with Gasteiger partial charge in [-0.3, -0.25) is 4.79 Å². The minimum atomic E-state index is -0.151. The molecule has 1 N–H and O–H groups in total. The largest absolute Gasteiger partial charge is 0.497 e. The quantitative estimate of drug-likeness (QED) is 0.533. The van der Waals surface area contributed by atoms with E-state index in [4.69, 9.17) is 9.47 Å². The molecule has 0 saturated carbocycles. The van der Waals surface area contributed by atoms with E-state index >= 15 is 0 Å². The molecule has 144 valence electrons. The first kappa shape index (κ1) is 19.5. The van der Waals surface area contributed by atoms with Crippen LogP contribution in [0.4, 0.5) is 5.69 Å². The van der Waals surface area contributed by atoms with Crippen LogP contribution in [0.5, 0.6) is 11.5 Å². The molecule has 0 aromatic heterocycles. The van der Waals surface area contributed by atoms with Gasteiger partial charge in [0, 0.05) is 17.7 Å². The predicted molar refractivity (Wildman–Crippen MR) is 112 cm³/mol. The molecule has 0 spiro atoms. The first-order chi connectivity index (χ1) is 13.6. The van der Waals surface area contributed by atoms with E-state index in [0.717, 1.165) is 22.7 Å². The number of carbonyl (C=O) groups excluding carboxylic acids is 1. The zero-order valence-corrected chi connectivity index (χ0v) is 16.4. The number of hydrogen-bond acceptors (Lipinski definition) is 4. The zero-order valence-electron chi connectivity index (χ0n) is 16.4. The van der Waals surface area contributed by atoms with E-state index in [0.29, 0.717) is 12.0 Å². The van der Waals surface area contributed by atoms with E-state index < -0.39 is 0 Å². The van der Waals surface area contributed by atoms with Gasteiger partial charge in [0.25, 0.3) is 0 Å². The average Bonchev–Trinajstić information content (AvgIpc) is 2.73. The SMILES string of the molecule is COc1ccc(C(=O)CC(Nc2cccc(C)c2)c2ccc(OC)cc2)cc1. The third-order valence-corrected chi connectivity index (χ3v) is 4.68. The number of hydrogen-bond donors (Lipinski definition) is 1. The molecule has 0 heterocycles. The molecule has 0 bridgehead atoms. The molecule has 0 aliphatic heterocycles. The van der Waals surface area contributed by atoms with Crippen LogP contribution >= 0.6 is 0 Å². The fraction of sp³-hybridized carbons (Fsp3) is 0.208. The van der Waals surface area contributed by atoms with Gasteiger partial charge in [-0.25, -0.2) is 0 Å². The molecule has 0 amide bonds. The van der Waals surface area contributed by atoms with E-state index in [1.807, 2.05) is 48.5 Å². The third-order valence-electron chi connectivity index (χ3n) is 4.68. The van der Waals surface area contributed by atoms with Gasteiger partial charge >= 0.3 is 0 Å². The maximum Gasteiger partial charge on any atom is 0.165 e. The Morgan fingerprint density at radius 1 is 0.893 bits per heavy atom. The molecule has 0 aliphatic rings. The van der Waals surface area contributed by atoms with E-state index in [1.54, 1.807) is 26.4 Å². The van der Waals surface area contributed by atoms with Gasteiger partial charge in [0.2, 0.25) is 0 Å². The fourth-order valence-electron chi connectivity index (χ4n) is 3.10. The normalized spacial score (nSPS) is 11.5. The van der Waals surface area contributed by atoms with E-state index in [-0.39, 0.29) is 11.8 Å². The number of Topliss-reactive ketones (excluding diaryl/α,β-unsaturated/α-hetero) is 1. The lowest BCUT2D eigenvalue weighted by molar-refractivity contribution is 0.0976. The lowest BCUT2D eigenvalue weighted by Crippen LogP contribution is -2.16. The van der Waals surface area contributed by atoms with Crippen LogP contribution in [-0.4, -0.2) is 20.0 Å². The Labute approximate surface area is 166 Å². The summed E-state index contributed by atoms with van der Waals surface area (Å²) in [6.45, 7) is 2.05. The summed E-state index contributed by atoms with van der Waals surface area (Å²) >= 11 is 0. The van der Waals surface area contributed by atoms with Crippen LogP contribution in [0, 0.1) is 6.92 Å². The van der Waals surface area contributed by atoms with Crippen molar-refractivity contribution in [3.63, 3.8) is 0 Å². The fourth-order valence-corrected chi connectivity index (χ4v) is 3.10. The molecule has 0 radical (unpaired) electrons. The van der Waals surface area contributed by atoms with Crippen molar-refractivity contribution in [2.24, 2.45) is 0 Å². The number of rotatable bonds is 8. The molecule has 3 rings (SSSR count). The topological polar surface area (TPSA) is 47.6 Å². The monoisotopic (exact) mass is 375 g/mol.